The zero-order valence-electron chi connectivity index (χ0n) is 17.0. The van der Waals surface area contributed by atoms with Crippen LogP contribution in [0.3, 0.4) is 0 Å². The highest BCUT2D eigenvalue weighted by atomic mass is 32.2. The topological polar surface area (TPSA) is 67.2 Å². The van der Waals surface area contributed by atoms with Crippen LogP contribution in [0.1, 0.15) is 69.3 Å². The molecule has 1 N–H and O–H groups in total. The number of hydrogen-bond acceptors (Lipinski definition) is 3. The second-order valence-electron chi connectivity index (χ2n) is 8.93. The third-order valence-electron chi connectivity index (χ3n) is 5.86. The van der Waals surface area contributed by atoms with Gasteiger partial charge in [0.2, 0.25) is 0 Å². The standard InChI is InChI=1S/C21H30N4O2S/c1-21(2,3)16-9-11-17(12-10-16)25-20-8-6-7-19(18(20)15-22-25)23-28(26,27)24-13-4-5-14-24/h9-12,15,19,23H,4-8,13-14H2,1-3H3. The molecule has 1 saturated heterocycles. The first-order valence-electron chi connectivity index (χ1n) is 10.2. The minimum Gasteiger partial charge on any atom is -0.237 e. The van der Waals surface area contributed by atoms with Gasteiger partial charge in [0.15, 0.2) is 0 Å². The van der Waals surface area contributed by atoms with Crippen molar-refractivity contribution in [2.75, 3.05) is 13.1 Å². The summed E-state index contributed by atoms with van der Waals surface area (Å²) in [6, 6.07) is 8.31. The SMILES string of the molecule is CC(C)(C)c1ccc(-n2ncc3c2CCCC3NS(=O)(=O)N2CCCC2)cc1. The zero-order chi connectivity index (χ0) is 19.9. The average Bonchev–Trinajstić information content (AvgIpc) is 3.32. The predicted molar refractivity (Wildman–Crippen MR) is 111 cm³/mol. The van der Waals surface area contributed by atoms with Crippen molar-refractivity contribution in [2.24, 2.45) is 0 Å². The Morgan fingerprint density at radius 2 is 1.75 bits per heavy atom. The lowest BCUT2D eigenvalue weighted by Crippen LogP contribution is -2.41. The Morgan fingerprint density at radius 1 is 1.07 bits per heavy atom. The van der Waals surface area contributed by atoms with Crippen molar-refractivity contribution < 1.29 is 8.42 Å². The molecule has 1 atom stereocenters. The Balaban J connectivity index is 1.59. The molecule has 1 unspecified atom stereocenters. The van der Waals surface area contributed by atoms with Crippen LogP contribution in [0.15, 0.2) is 30.5 Å². The van der Waals surface area contributed by atoms with Gasteiger partial charge in [0.05, 0.1) is 17.9 Å². The molecule has 28 heavy (non-hydrogen) atoms. The van der Waals surface area contributed by atoms with Crippen molar-refractivity contribution >= 4 is 10.2 Å². The summed E-state index contributed by atoms with van der Waals surface area (Å²) in [5.74, 6) is 0. The van der Waals surface area contributed by atoms with Crippen LogP contribution in [0.5, 0.6) is 0 Å². The van der Waals surface area contributed by atoms with Crippen LogP contribution in [0.25, 0.3) is 5.69 Å². The second-order valence-corrected chi connectivity index (χ2v) is 10.6. The van der Waals surface area contributed by atoms with Crippen molar-refractivity contribution in [3.63, 3.8) is 0 Å². The van der Waals surface area contributed by atoms with Gasteiger partial charge in [-0.1, -0.05) is 32.9 Å². The van der Waals surface area contributed by atoms with Crippen LogP contribution in [0.2, 0.25) is 0 Å². The van der Waals surface area contributed by atoms with E-state index in [4.69, 9.17) is 0 Å². The fourth-order valence-corrected chi connectivity index (χ4v) is 5.68. The van der Waals surface area contributed by atoms with E-state index in [9.17, 15) is 8.42 Å². The number of nitrogens with one attached hydrogen (secondary N) is 1. The lowest BCUT2D eigenvalue weighted by Gasteiger charge is -2.26. The van der Waals surface area contributed by atoms with Gasteiger partial charge in [-0.25, -0.2) is 4.68 Å². The van der Waals surface area contributed by atoms with Crippen LogP contribution >= 0.6 is 0 Å². The molecule has 152 valence electrons. The summed E-state index contributed by atoms with van der Waals surface area (Å²) in [4.78, 5) is 0. The highest BCUT2D eigenvalue weighted by Gasteiger charge is 2.32. The average molecular weight is 403 g/mol. The highest BCUT2D eigenvalue weighted by Crippen LogP contribution is 2.32. The number of rotatable bonds is 4. The van der Waals surface area contributed by atoms with Gasteiger partial charge in [-0.15, -0.1) is 0 Å². The number of fused-ring (bicyclic) bond motifs is 1. The molecule has 0 radical (unpaired) electrons. The molecule has 0 spiro atoms. The monoisotopic (exact) mass is 402 g/mol. The summed E-state index contributed by atoms with van der Waals surface area (Å²) >= 11 is 0. The molecule has 0 amide bonds. The van der Waals surface area contributed by atoms with E-state index in [0.717, 1.165) is 49.0 Å². The Labute approximate surface area is 168 Å². The number of nitrogens with zero attached hydrogens (tertiary/aromatic N) is 3. The summed E-state index contributed by atoms with van der Waals surface area (Å²) in [7, 11) is -3.43. The molecule has 6 nitrogen and oxygen atoms in total. The van der Waals surface area contributed by atoms with Gasteiger partial charge >= 0.3 is 0 Å². The van der Waals surface area contributed by atoms with Crippen LogP contribution in [0, 0.1) is 0 Å². The summed E-state index contributed by atoms with van der Waals surface area (Å²) in [5, 5.41) is 4.61. The third-order valence-corrected chi connectivity index (χ3v) is 7.48. The van der Waals surface area contributed by atoms with Gasteiger partial charge in [-0.3, -0.25) is 0 Å². The molecule has 1 aromatic heterocycles. The molecule has 4 rings (SSSR count). The summed E-state index contributed by atoms with van der Waals surface area (Å²) in [5.41, 5.74) is 4.55. The molecule has 1 aliphatic heterocycles. The Bertz CT molecular complexity index is 936. The molecule has 2 aromatic rings. The Morgan fingerprint density at radius 3 is 2.39 bits per heavy atom. The minimum atomic E-state index is -3.43. The third kappa shape index (κ3) is 3.75. The molecule has 2 aliphatic rings. The van der Waals surface area contributed by atoms with E-state index in [1.54, 1.807) is 4.31 Å². The fourth-order valence-electron chi connectivity index (χ4n) is 4.19. The number of benzene rings is 1. The van der Waals surface area contributed by atoms with Crippen molar-refractivity contribution in [3.05, 3.63) is 47.3 Å². The summed E-state index contributed by atoms with van der Waals surface area (Å²) in [6.45, 7) is 7.85. The second kappa shape index (κ2) is 7.28. The van der Waals surface area contributed by atoms with Gasteiger partial charge < -0.3 is 0 Å². The Hall–Kier alpha value is -1.70. The summed E-state index contributed by atoms with van der Waals surface area (Å²) in [6.07, 6.45) is 6.40. The van der Waals surface area contributed by atoms with Gasteiger partial charge in [-0.2, -0.15) is 22.5 Å². The molecular weight excluding hydrogens is 372 g/mol. The van der Waals surface area contributed by atoms with Crippen molar-refractivity contribution in [2.45, 2.75) is 64.3 Å². The van der Waals surface area contributed by atoms with E-state index in [1.165, 1.54) is 5.56 Å². The Kier molecular flexibility index (Phi) is 5.10. The molecule has 1 aromatic carbocycles. The van der Waals surface area contributed by atoms with Crippen LogP contribution in [0.4, 0.5) is 0 Å². The number of hydrogen-bond donors (Lipinski definition) is 1. The van der Waals surface area contributed by atoms with E-state index < -0.39 is 10.2 Å². The molecule has 0 bridgehead atoms. The smallest absolute Gasteiger partial charge is 0.237 e. The first-order valence-corrected chi connectivity index (χ1v) is 11.6. The predicted octanol–water partition coefficient (Wildman–Crippen LogP) is 3.48. The van der Waals surface area contributed by atoms with Gasteiger partial charge in [0.25, 0.3) is 10.2 Å². The maximum atomic E-state index is 12.7. The maximum absolute atomic E-state index is 12.7. The lowest BCUT2D eigenvalue weighted by molar-refractivity contribution is 0.438. The lowest BCUT2D eigenvalue weighted by atomic mass is 9.87. The van der Waals surface area contributed by atoms with Gasteiger partial charge in [0.1, 0.15) is 0 Å². The quantitative estimate of drug-likeness (QED) is 0.851. The number of aromatic nitrogens is 2. The molecule has 1 fully saturated rings. The fraction of sp³-hybridized carbons (Fsp3) is 0.571. The van der Waals surface area contributed by atoms with Crippen molar-refractivity contribution in [1.82, 2.24) is 18.8 Å². The highest BCUT2D eigenvalue weighted by molar-refractivity contribution is 7.87. The molecule has 1 aliphatic carbocycles. The van der Waals surface area contributed by atoms with E-state index in [0.29, 0.717) is 13.1 Å². The van der Waals surface area contributed by atoms with Crippen molar-refractivity contribution in [3.8, 4) is 5.69 Å². The largest absolute Gasteiger partial charge is 0.280 e. The maximum Gasteiger partial charge on any atom is 0.280 e. The van der Waals surface area contributed by atoms with E-state index in [-0.39, 0.29) is 11.5 Å². The van der Waals surface area contributed by atoms with Crippen LogP contribution in [-0.4, -0.2) is 35.6 Å². The minimum absolute atomic E-state index is 0.112. The summed E-state index contributed by atoms with van der Waals surface area (Å²) < 4.78 is 31.9. The normalized spacial score (nSPS) is 21.0. The van der Waals surface area contributed by atoms with Gasteiger partial charge in [0, 0.05) is 24.3 Å². The zero-order valence-corrected chi connectivity index (χ0v) is 17.8. The van der Waals surface area contributed by atoms with E-state index in [1.807, 2.05) is 10.9 Å². The molecule has 0 saturated carbocycles. The van der Waals surface area contributed by atoms with Crippen molar-refractivity contribution in [1.29, 1.82) is 0 Å². The molecule has 7 heteroatoms. The van der Waals surface area contributed by atoms with Crippen LogP contribution in [-0.2, 0) is 22.0 Å². The molecule has 2 heterocycles. The van der Waals surface area contributed by atoms with E-state index in [2.05, 4.69) is 54.9 Å². The van der Waals surface area contributed by atoms with E-state index >= 15 is 0 Å². The first kappa shape index (κ1) is 19.6. The molecular formula is C21H30N4O2S. The van der Waals surface area contributed by atoms with Crippen LogP contribution < -0.4 is 4.72 Å². The van der Waals surface area contributed by atoms with Gasteiger partial charge in [-0.05, 0) is 55.2 Å². The first-order chi connectivity index (χ1) is 13.3.